The lowest BCUT2D eigenvalue weighted by molar-refractivity contribution is 0.182. The van der Waals surface area contributed by atoms with Gasteiger partial charge in [-0.1, -0.05) is 6.07 Å². The molecule has 0 amide bonds. The largest absolute Gasteiger partial charge is 0.497 e. The molecule has 0 saturated carbocycles. The maximum atomic E-state index is 14.6. The van der Waals surface area contributed by atoms with E-state index in [1.54, 1.807) is 26.4 Å². The smallest absolute Gasteiger partial charge is 0.165 e. The first-order chi connectivity index (χ1) is 18.0. The molecule has 8 nitrogen and oxygen atoms in total. The van der Waals surface area contributed by atoms with Crippen LogP contribution in [0.25, 0.3) is 10.8 Å². The van der Waals surface area contributed by atoms with Crippen LogP contribution in [0.5, 0.6) is 11.5 Å². The fourth-order valence-electron chi connectivity index (χ4n) is 4.68. The van der Waals surface area contributed by atoms with Crippen LogP contribution in [0.2, 0.25) is 0 Å². The predicted molar refractivity (Wildman–Crippen MR) is 151 cm³/mol. The van der Waals surface area contributed by atoms with Gasteiger partial charge < -0.3 is 24.4 Å². The highest BCUT2D eigenvalue weighted by Gasteiger charge is 2.21. The van der Waals surface area contributed by atoms with E-state index in [4.69, 9.17) is 14.2 Å². The first-order valence-electron chi connectivity index (χ1n) is 12.8. The van der Waals surface area contributed by atoms with E-state index >= 15 is 0 Å². The molecule has 1 aromatic heterocycles. The maximum absolute atomic E-state index is 14.6. The summed E-state index contributed by atoms with van der Waals surface area (Å²) in [5.41, 5.74) is 1.76. The molecule has 208 valence electrons. The molecule has 1 aliphatic rings. The topological polar surface area (TPSA) is 72.0 Å². The molecular weight excluding hydrogens is 509 g/mol. The van der Waals surface area contributed by atoms with Gasteiger partial charge in [-0.15, -0.1) is 17.5 Å². The quantitative estimate of drug-likeness (QED) is 0.326. The van der Waals surface area contributed by atoms with Crippen molar-refractivity contribution in [2.45, 2.75) is 38.5 Å². The Morgan fingerprint density at radius 1 is 1.05 bits per heavy atom. The van der Waals surface area contributed by atoms with Crippen LogP contribution in [-0.4, -0.2) is 80.6 Å². The van der Waals surface area contributed by atoms with Gasteiger partial charge in [-0.05, 0) is 69.3 Å². The average Bonchev–Trinajstić information content (AvgIpc) is 2.90. The molecule has 0 radical (unpaired) electrons. The third-order valence-corrected chi connectivity index (χ3v) is 6.68. The van der Waals surface area contributed by atoms with E-state index in [0.717, 1.165) is 79.0 Å². The number of likely N-dealkylation sites (tertiary alicyclic amines) is 1. The standard InChI is InChI=1S/C28H38FN5O3.ClH/c1-33(2)12-5-15-37-27-9-6-20(16-25(27)29)18-34-13-10-21(11-14-34)30-28-24-17-22(36-4)7-8-23(24)26(19-35-3)31-32-28;/h6-9,16-17,21H,5,10-15,18-19H2,1-4H3,(H,30,32);1H. The number of anilines is 1. The summed E-state index contributed by atoms with van der Waals surface area (Å²) in [6.07, 6.45) is 2.79. The third-order valence-electron chi connectivity index (χ3n) is 6.68. The second-order valence-corrected chi connectivity index (χ2v) is 9.80. The average molecular weight is 548 g/mol. The summed E-state index contributed by atoms with van der Waals surface area (Å²) in [6, 6.07) is 11.5. The van der Waals surface area contributed by atoms with Gasteiger partial charge in [0.15, 0.2) is 17.4 Å². The number of benzene rings is 2. The summed E-state index contributed by atoms with van der Waals surface area (Å²) in [5, 5.41) is 14.4. The normalized spacial score (nSPS) is 14.5. The second kappa shape index (κ2) is 14.4. The highest BCUT2D eigenvalue weighted by molar-refractivity contribution is 5.94. The lowest BCUT2D eigenvalue weighted by Crippen LogP contribution is -2.38. The van der Waals surface area contributed by atoms with Crippen molar-refractivity contribution in [2.24, 2.45) is 0 Å². The molecule has 38 heavy (non-hydrogen) atoms. The van der Waals surface area contributed by atoms with Crippen molar-refractivity contribution in [1.82, 2.24) is 20.0 Å². The minimum absolute atomic E-state index is 0. The zero-order chi connectivity index (χ0) is 26.2. The molecule has 1 saturated heterocycles. The van der Waals surface area contributed by atoms with Crippen LogP contribution >= 0.6 is 12.4 Å². The fourth-order valence-corrected chi connectivity index (χ4v) is 4.68. The monoisotopic (exact) mass is 547 g/mol. The molecule has 1 fully saturated rings. The van der Waals surface area contributed by atoms with Gasteiger partial charge in [0.2, 0.25) is 0 Å². The molecule has 10 heteroatoms. The molecule has 0 aliphatic carbocycles. The minimum Gasteiger partial charge on any atom is -0.497 e. The Labute approximate surface area is 230 Å². The van der Waals surface area contributed by atoms with E-state index in [0.29, 0.717) is 19.0 Å². The SMILES string of the molecule is COCc1nnc(NC2CCN(Cc3ccc(OCCCN(C)C)c(F)c3)CC2)c2cc(OC)ccc12.Cl. The number of hydrogen-bond donors (Lipinski definition) is 1. The van der Waals surface area contributed by atoms with Crippen LogP contribution < -0.4 is 14.8 Å². The number of piperidine rings is 1. The number of nitrogens with one attached hydrogen (secondary N) is 1. The van der Waals surface area contributed by atoms with Gasteiger partial charge in [-0.2, -0.15) is 5.10 Å². The van der Waals surface area contributed by atoms with Crippen molar-refractivity contribution in [1.29, 1.82) is 0 Å². The van der Waals surface area contributed by atoms with Crippen LogP contribution in [0.15, 0.2) is 36.4 Å². The van der Waals surface area contributed by atoms with E-state index in [2.05, 4.69) is 25.3 Å². The van der Waals surface area contributed by atoms with Gasteiger partial charge in [-0.3, -0.25) is 4.90 Å². The van der Waals surface area contributed by atoms with Crippen LogP contribution in [-0.2, 0) is 17.9 Å². The summed E-state index contributed by atoms with van der Waals surface area (Å²) in [6.45, 7) is 4.38. The first kappa shape index (κ1) is 29.8. The molecule has 0 unspecified atom stereocenters. The molecule has 0 atom stereocenters. The van der Waals surface area contributed by atoms with E-state index in [1.807, 2.05) is 38.4 Å². The summed E-state index contributed by atoms with van der Waals surface area (Å²) in [4.78, 5) is 4.45. The van der Waals surface area contributed by atoms with Crippen molar-refractivity contribution in [3.05, 3.63) is 53.5 Å². The molecule has 2 heterocycles. The molecule has 1 N–H and O–H groups in total. The van der Waals surface area contributed by atoms with E-state index in [9.17, 15) is 4.39 Å². The number of rotatable bonds is 12. The predicted octanol–water partition coefficient (Wildman–Crippen LogP) is 4.75. The lowest BCUT2D eigenvalue weighted by atomic mass is 10.0. The summed E-state index contributed by atoms with van der Waals surface area (Å²) < 4.78 is 30.9. The van der Waals surface area contributed by atoms with E-state index in [1.165, 1.54) is 0 Å². The van der Waals surface area contributed by atoms with Gasteiger partial charge in [-0.25, -0.2) is 4.39 Å². The molecule has 0 bridgehead atoms. The summed E-state index contributed by atoms with van der Waals surface area (Å²) in [5.74, 6) is 1.57. The number of fused-ring (bicyclic) bond motifs is 1. The summed E-state index contributed by atoms with van der Waals surface area (Å²) in [7, 11) is 7.35. The van der Waals surface area contributed by atoms with Crippen LogP contribution in [0.1, 0.15) is 30.5 Å². The van der Waals surface area contributed by atoms with Gasteiger partial charge in [0.05, 0.1) is 26.0 Å². The van der Waals surface area contributed by atoms with Gasteiger partial charge in [0.1, 0.15) is 5.75 Å². The minimum atomic E-state index is -0.295. The van der Waals surface area contributed by atoms with Crippen molar-refractivity contribution in [2.75, 3.05) is 59.9 Å². The third kappa shape index (κ3) is 7.89. The van der Waals surface area contributed by atoms with Crippen molar-refractivity contribution >= 4 is 29.0 Å². The fraction of sp³-hybridized carbons (Fsp3) is 0.500. The number of aromatic nitrogens is 2. The zero-order valence-corrected chi connectivity index (χ0v) is 23.5. The molecular formula is C28H39ClFN5O3. The highest BCUT2D eigenvalue weighted by Crippen LogP contribution is 2.29. The Bertz CT molecular complexity index is 1170. The van der Waals surface area contributed by atoms with Crippen LogP contribution in [0.4, 0.5) is 10.2 Å². The van der Waals surface area contributed by atoms with Gasteiger partial charge in [0, 0.05) is 50.1 Å². The van der Waals surface area contributed by atoms with Crippen molar-refractivity contribution in [3.8, 4) is 11.5 Å². The zero-order valence-electron chi connectivity index (χ0n) is 22.7. The number of methoxy groups -OCH3 is 2. The van der Waals surface area contributed by atoms with Crippen molar-refractivity contribution < 1.29 is 18.6 Å². The number of hydrogen-bond acceptors (Lipinski definition) is 8. The molecule has 2 aromatic carbocycles. The van der Waals surface area contributed by atoms with Crippen LogP contribution in [0, 0.1) is 5.82 Å². The van der Waals surface area contributed by atoms with Crippen molar-refractivity contribution in [3.63, 3.8) is 0 Å². The van der Waals surface area contributed by atoms with E-state index in [-0.39, 0.29) is 24.3 Å². The Hall–Kier alpha value is -2.72. The Balaban J connectivity index is 0.00000400. The Morgan fingerprint density at radius 2 is 1.84 bits per heavy atom. The highest BCUT2D eigenvalue weighted by atomic mass is 35.5. The van der Waals surface area contributed by atoms with E-state index < -0.39 is 0 Å². The Kier molecular flexibility index (Phi) is 11.3. The van der Waals surface area contributed by atoms with Gasteiger partial charge >= 0.3 is 0 Å². The Morgan fingerprint density at radius 3 is 2.53 bits per heavy atom. The number of nitrogens with zero attached hydrogens (tertiary/aromatic N) is 4. The molecule has 3 aromatic rings. The van der Waals surface area contributed by atoms with Crippen LogP contribution in [0.3, 0.4) is 0 Å². The maximum Gasteiger partial charge on any atom is 0.165 e. The molecule has 1 aliphatic heterocycles. The second-order valence-electron chi connectivity index (χ2n) is 9.80. The lowest BCUT2D eigenvalue weighted by Gasteiger charge is -2.32. The molecule has 4 rings (SSSR count). The van der Waals surface area contributed by atoms with Gasteiger partial charge in [0.25, 0.3) is 0 Å². The number of halogens is 2. The summed E-state index contributed by atoms with van der Waals surface area (Å²) >= 11 is 0. The first-order valence-corrected chi connectivity index (χ1v) is 12.8. The number of ether oxygens (including phenoxy) is 3. The molecule has 0 spiro atoms.